The monoisotopic (exact) mass is 442 g/mol. The predicted octanol–water partition coefficient (Wildman–Crippen LogP) is 5.73. The third kappa shape index (κ3) is 3.65. The minimum atomic E-state index is -4.62. The number of aromatic nitrogens is 2. The number of hydrogen-bond acceptors (Lipinski definition) is 3. The number of hydrogen-bond donors (Lipinski definition) is 3. The van der Waals surface area contributed by atoms with E-state index in [9.17, 15) is 18.3 Å². The number of aromatic amines is 1. The molecular formula is C19H15Cl2F3N4O. The van der Waals surface area contributed by atoms with Crippen LogP contribution in [0.3, 0.4) is 0 Å². The molecule has 3 N–H and O–H groups in total. The van der Waals surface area contributed by atoms with Gasteiger partial charge in [-0.2, -0.15) is 13.2 Å². The molecule has 2 aromatic carbocycles. The first-order valence-electron chi connectivity index (χ1n) is 8.27. The van der Waals surface area contributed by atoms with E-state index < -0.39 is 16.8 Å². The predicted molar refractivity (Wildman–Crippen MR) is 109 cm³/mol. The van der Waals surface area contributed by atoms with E-state index in [4.69, 9.17) is 17.0 Å². The fraction of sp³-hybridized carbons (Fsp3) is 0.158. The lowest BCUT2D eigenvalue weighted by Gasteiger charge is -2.20. The van der Waals surface area contributed by atoms with Gasteiger partial charge in [0.25, 0.3) is 0 Å². The second-order valence-electron chi connectivity index (χ2n) is 6.52. The van der Waals surface area contributed by atoms with Crippen LogP contribution >= 0.6 is 24.0 Å². The standard InChI is InChI=1S/C19H14ClF3N4O.ClH/c1-9-2-5-13-14(6-9)26-18(25-13)16-15(28)8-27(17(16)24)10-3-4-12(20)11(7-10)19(21,22)23;/h2-7,24,28H,8H2,1H3,(H,25,26);1H. The van der Waals surface area contributed by atoms with E-state index in [0.29, 0.717) is 5.52 Å². The Kier molecular flexibility index (Phi) is 5.27. The van der Waals surface area contributed by atoms with Crippen molar-refractivity contribution in [3.05, 3.63) is 64.1 Å². The molecule has 1 aromatic heterocycles. The molecule has 5 nitrogen and oxygen atoms in total. The zero-order valence-corrected chi connectivity index (χ0v) is 16.5. The highest BCUT2D eigenvalue weighted by Gasteiger charge is 2.36. The normalized spacial score (nSPS) is 14.7. The highest BCUT2D eigenvalue weighted by Crippen LogP contribution is 2.39. The molecule has 2 heterocycles. The lowest BCUT2D eigenvalue weighted by molar-refractivity contribution is -0.137. The van der Waals surface area contributed by atoms with E-state index in [1.807, 2.05) is 25.1 Å². The Bertz CT molecular complexity index is 1150. The topological polar surface area (TPSA) is 76.0 Å². The zero-order chi connectivity index (χ0) is 20.2. The van der Waals surface area contributed by atoms with E-state index in [-0.39, 0.29) is 47.6 Å². The van der Waals surface area contributed by atoms with E-state index in [0.717, 1.165) is 23.2 Å². The van der Waals surface area contributed by atoms with Gasteiger partial charge in [0.05, 0.1) is 33.7 Å². The zero-order valence-electron chi connectivity index (χ0n) is 14.9. The summed E-state index contributed by atoms with van der Waals surface area (Å²) in [6.45, 7) is 1.79. The minimum Gasteiger partial charge on any atom is -0.509 e. The van der Waals surface area contributed by atoms with Gasteiger partial charge < -0.3 is 15.0 Å². The Morgan fingerprint density at radius 2 is 1.93 bits per heavy atom. The lowest BCUT2D eigenvalue weighted by Crippen LogP contribution is -2.26. The fourth-order valence-corrected chi connectivity index (χ4v) is 3.41. The van der Waals surface area contributed by atoms with Crippen LogP contribution in [0, 0.1) is 12.3 Å². The van der Waals surface area contributed by atoms with Gasteiger partial charge in [-0.15, -0.1) is 12.4 Å². The second-order valence-corrected chi connectivity index (χ2v) is 6.93. The lowest BCUT2D eigenvalue weighted by atomic mass is 10.1. The molecule has 0 amide bonds. The molecule has 0 bridgehead atoms. The first-order chi connectivity index (χ1) is 13.1. The van der Waals surface area contributed by atoms with Crippen LogP contribution in [0.2, 0.25) is 5.02 Å². The summed E-state index contributed by atoms with van der Waals surface area (Å²) < 4.78 is 39.5. The second kappa shape index (κ2) is 7.27. The minimum absolute atomic E-state index is 0. The van der Waals surface area contributed by atoms with Crippen molar-refractivity contribution >= 4 is 52.1 Å². The highest BCUT2D eigenvalue weighted by atomic mass is 35.5. The molecule has 0 saturated carbocycles. The van der Waals surface area contributed by atoms with Crippen LogP contribution in [0.1, 0.15) is 17.0 Å². The van der Waals surface area contributed by atoms with Crippen molar-refractivity contribution in [3.8, 4) is 0 Å². The summed E-state index contributed by atoms with van der Waals surface area (Å²) >= 11 is 5.67. The van der Waals surface area contributed by atoms with Crippen molar-refractivity contribution < 1.29 is 18.3 Å². The van der Waals surface area contributed by atoms with Crippen molar-refractivity contribution in [2.45, 2.75) is 13.1 Å². The summed E-state index contributed by atoms with van der Waals surface area (Å²) in [5.41, 5.74) is 1.69. The molecule has 10 heteroatoms. The maximum atomic E-state index is 13.2. The van der Waals surface area contributed by atoms with Gasteiger partial charge >= 0.3 is 6.18 Å². The van der Waals surface area contributed by atoms with Gasteiger partial charge in [0, 0.05) is 5.69 Å². The summed E-state index contributed by atoms with van der Waals surface area (Å²) in [4.78, 5) is 8.72. The third-order valence-electron chi connectivity index (χ3n) is 4.54. The number of aliphatic hydroxyl groups is 1. The Labute approximate surface area is 174 Å². The molecule has 0 fully saturated rings. The number of halogens is 5. The molecule has 0 aliphatic carbocycles. The number of alkyl halides is 3. The Hall–Kier alpha value is -2.71. The number of rotatable bonds is 2. The first kappa shape index (κ1) is 21.0. The molecule has 1 aliphatic heterocycles. The summed E-state index contributed by atoms with van der Waals surface area (Å²) in [6, 6.07) is 8.97. The van der Waals surface area contributed by atoms with Gasteiger partial charge in [0.15, 0.2) is 0 Å². The smallest absolute Gasteiger partial charge is 0.417 e. The van der Waals surface area contributed by atoms with Gasteiger partial charge in [-0.05, 0) is 42.8 Å². The maximum Gasteiger partial charge on any atom is 0.417 e. The van der Waals surface area contributed by atoms with Gasteiger partial charge in [-0.1, -0.05) is 17.7 Å². The first-order valence-corrected chi connectivity index (χ1v) is 8.65. The SMILES string of the molecule is Cc1ccc2nc(C3=C(O)CN(c4ccc(Cl)c(C(F)(F)F)c4)C3=N)[nH]c2c1.Cl. The Balaban J connectivity index is 0.00000240. The largest absolute Gasteiger partial charge is 0.509 e. The van der Waals surface area contributed by atoms with Crippen LogP contribution in [0.4, 0.5) is 18.9 Å². The summed E-state index contributed by atoms with van der Waals surface area (Å²) in [7, 11) is 0. The third-order valence-corrected chi connectivity index (χ3v) is 4.87. The van der Waals surface area contributed by atoms with Crippen molar-refractivity contribution in [3.63, 3.8) is 0 Å². The number of nitrogens with one attached hydrogen (secondary N) is 2. The number of anilines is 1. The molecule has 1 aliphatic rings. The van der Waals surface area contributed by atoms with E-state index >= 15 is 0 Å². The summed E-state index contributed by atoms with van der Waals surface area (Å²) in [6.07, 6.45) is -4.62. The van der Waals surface area contributed by atoms with Crippen molar-refractivity contribution in [2.75, 3.05) is 11.4 Å². The Morgan fingerprint density at radius 3 is 2.62 bits per heavy atom. The number of H-pyrrole nitrogens is 1. The quantitative estimate of drug-likeness (QED) is 0.474. The molecule has 152 valence electrons. The van der Waals surface area contributed by atoms with Gasteiger partial charge in [0.1, 0.15) is 17.4 Å². The number of aryl methyl sites for hydroxylation is 1. The fourth-order valence-electron chi connectivity index (χ4n) is 3.19. The molecular weight excluding hydrogens is 428 g/mol. The van der Waals surface area contributed by atoms with Crippen molar-refractivity contribution in [1.29, 1.82) is 5.41 Å². The highest BCUT2D eigenvalue weighted by molar-refractivity contribution is 6.32. The van der Waals surface area contributed by atoms with Crippen molar-refractivity contribution in [1.82, 2.24) is 9.97 Å². The van der Waals surface area contributed by atoms with Gasteiger partial charge in [0.2, 0.25) is 0 Å². The van der Waals surface area contributed by atoms with Crippen LogP contribution in [0.15, 0.2) is 42.2 Å². The van der Waals surface area contributed by atoms with E-state index in [2.05, 4.69) is 9.97 Å². The molecule has 0 unspecified atom stereocenters. The number of aliphatic hydroxyl groups excluding tert-OH is 1. The molecule has 0 spiro atoms. The summed E-state index contributed by atoms with van der Waals surface area (Å²) in [5.74, 6) is -0.0105. The van der Waals surface area contributed by atoms with E-state index in [1.54, 1.807) is 0 Å². The molecule has 3 aromatic rings. The van der Waals surface area contributed by atoms with Crippen LogP contribution in [0.5, 0.6) is 0 Å². The molecule has 4 rings (SSSR count). The van der Waals surface area contributed by atoms with Gasteiger partial charge in [-0.25, -0.2) is 4.98 Å². The number of nitrogens with zero attached hydrogens (tertiary/aromatic N) is 2. The molecule has 0 saturated heterocycles. The number of benzene rings is 2. The van der Waals surface area contributed by atoms with Crippen molar-refractivity contribution in [2.24, 2.45) is 0 Å². The number of imidazole rings is 1. The number of fused-ring (bicyclic) bond motifs is 1. The molecule has 0 atom stereocenters. The van der Waals surface area contributed by atoms with Crippen LogP contribution in [-0.2, 0) is 6.18 Å². The van der Waals surface area contributed by atoms with E-state index in [1.165, 1.54) is 11.0 Å². The maximum absolute atomic E-state index is 13.2. The average molecular weight is 443 g/mol. The average Bonchev–Trinajstić information content (AvgIpc) is 3.14. The molecule has 29 heavy (non-hydrogen) atoms. The molecule has 0 radical (unpaired) electrons. The van der Waals surface area contributed by atoms with Crippen LogP contribution in [0.25, 0.3) is 16.6 Å². The number of amidine groups is 1. The Morgan fingerprint density at radius 1 is 1.21 bits per heavy atom. The van der Waals surface area contributed by atoms with Crippen LogP contribution in [-0.4, -0.2) is 27.5 Å². The van der Waals surface area contributed by atoms with Gasteiger partial charge in [-0.3, -0.25) is 5.41 Å². The summed E-state index contributed by atoms with van der Waals surface area (Å²) in [5, 5.41) is 18.4. The van der Waals surface area contributed by atoms with Crippen LogP contribution < -0.4 is 4.90 Å².